The van der Waals surface area contributed by atoms with E-state index in [-0.39, 0.29) is 17.2 Å². The van der Waals surface area contributed by atoms with Crippen LogP contribution in [0.4, 0.5) is 0 Å². The van der Waals surface area contributed by atoms with Crippen molar-refractivity contribution in [1.82, 2.24) is 9.78 Å². The van der Waals surface area contributed by atoms with Gasteiger partial charge in [0.1, 0.15) is 5.78 Å². The predicted octanol–water partition coefficient (Wildman–Crippen LogP) is 3.02. The van der Waals surface area contributed by atoms with Crippen molar-refractivity contribution >= 4 is 5.78 Å². The maximum Gasteiger partial charge on any atom is 0.146 e. The molecule has 2 N–H and O–H groups in total. The highest BCUT2D eigenvalue weighted by Gasteiger charge is 2.42. The molecule has 21 heavy (non-hydrogen) atoms. The second kappa shape index (κ2) is 5.91. The van der Waals surface area contributed by atoms with Crippen LogP contribution in [0.1, 0.15) is 70.0 Å². The number of carbonyl (C=O) groups is 1. The maximum atomic E-state index is 12.6. The Labute approximate surface area is 127 Å². The fourth-order valence-corrected chi connectivity index (χ4v) is 3.93. The summed E-state index contributed by atoms with van der Waals surface area (Å²) in [5.41, 5.74) is 6.71. The smallest absolute Gasteiger partial charge is 0.146 e. The molecule has 2 fully saturated rings. The van der Waals surface area contributed by atoms with E-state index in [9.17, 15) is 4.79 Å². The van der Waals surface area contributed by atoms with Crippen LogP contribution >= 0.6 is 0 Å². The van der Waals surface area contributed by atoms with Crippen LogP contribution in [-0.2, 0) is 11.2 Å². The predicted molar refractivity (Wildman–Crippen MR) is 83.0 cm³/mol. The summed E-state index contributed by atoms with van der Waals surface area (Å²) in [6.07, 6.45) is 11.8. The second-order valence-electron chi connectivity index (χ2n) is 7.10. The van der Waals surface area contributed by atoms with E-state index in [2.05, 4.69) is 16.0 Å². The van der Waals surface area contributed by atoms with E-state index in [1.165, 1.54) is 32.1 Å². The standard InChI is InChI=1S/C17H27N3O/c1-17(10-5-8-15(17)18)16(21)12-13-9-11-20(19-13)14-6-3-2-4-7-14/h9,11,14-15H,2-8,10,12,18H2,1H3. The Morgan fingerprint density at radius 1 is 1.33 bits per heavy atom. The van der Waals surface area contributed by atoms with Gasteiger partial charge in [0, 0.05) is 17.7 Å². The molecule has 116 valence electrons. The quantitative estimate of drug-likeness (QED) is 0.926. The molecular weight excluding hydrogens is 262 g/mol. The van der Waals surface area contributed by atoms with E-state index < -0.39 is 0 Å². The van der Waals surface area contributed by atoms with Crippen molar-refractivity contribution in [2.75, 3.05) is 0 Å². The summed E-state index contributed by atoms with van der Waals surface area (Å²) in [5, 5.41) is 4.66. The van der Waals surface area contributed by atoms with Gasteiger partial charge in [-0.25, -0.2) is 0 Å². The third-order valence-electron chi connectivity index (χ3n) is 5.62. The summed E-state index contributed by atoms with van der Waals surface area (Å²) in [7, 11) is 0. The minimum Gasteiger partial charge on any atom is -0.327 e. The van der Waals surface area contributed by atoms with Gasteiger partial charge in [-0.2, -0.15) is 5.10 Å². The van der Waals surface area contributed by atoms with Gasteiger partial charge in [0.25, 0.3) is 0 Å². The summed E-state index contributed by atoms with van der Waals surface area (Å²) in [4.78, 5) is 12.6. The van der Waals surface area contributed by atoms with E-state index in [1.807, 2.05) is 13.0 Å². The zero-order valence-electron chi connectivity index (χ0n) is 13.1. The van der Waals surface area contributed by atoms with Crippen LogP contribution in [0.5, 0.6) is 0 Å². The monoisotopic (exact) mass is 289 g/mol. The lowest BCUT2D eigenvalue weighted by molar-refractivity contribution is -0.127. The molecule has 2 atom stereocenters. The van der Waals surface area contributed by atoms with Gasteiger partial charge in [0.2, 0.25) is 0 Å². The van der Waals surface area contributed by atoms with Crippen molar-refractivity contribution < 1.29 is 4.79 Å². The maximum absolute atomic E-state index is 12.6. The number of carbonyl (C=O) groups excluding carboxylic acids is 1. The molecule has 2 saturated carbocycles. The highest BCUT2D eigenvalue weighted by Crippen LogP contribution is 2.38. The van der Waals surface area contributed by atoms with Crippen molar-refractivity contribution in [1.29, 1.82) is 0 Å². The van der Waals surface area contributed by atoms with Gasteiger partial charge in [0.05, 0.1) is 18.2 Å². The summed E-state index contributed by atoms with van der Waals surface area (Å²) in [6, 6.07) is 2.56. The molecule has 0 aliphatic heterocycles. The fraction of sp³-hybridized carbons (Fsp3) is 0.765. The van der Waals surface area contributed by atoms with Crippen molar-refractivity contribution in [3.05, 3.63) is 18.0 Å². The number of rotatable bonds is 4. The van der Waals surface area contributed by atoms with E-state index in [0.717, 1.165) is 25.0 Å². The van der Waals surface area contributed by atoms with E-state index >= 15 is 0 Å². The lowest BCUT2D eigenvalue weighted by atomic mass is 9.79. The third-order valence-corrected chi connectivity index (χ3v) is 5.62. The average Bonchev–Trinajstić information content (AvgIpc) is 3.09. The van der Waals surface area contributed by atoms with E-state index in [4.69, 9.17) is 5.73 Å². The van der Waals surface area contributed by atoms with Crippen LogP contribution in [0.15, 0.2) is 12.3 Å². The normalized spacial score (nSPS) is 30.7. The minimum atomic E-state index is -0.339. The number of nitrogens with zero attached hydrogens (tertiary/aromatic N) is 2. The molecule has 0 spiro atoms. The summed E-state index contributed by atoms with van der Waals surface area (Å²) >= 11 is 0. The highest BCUT2D eigenvalue weighted by molar-refractivity contribution is 5.87. The van der Waals surface area contributed by atoms with Gasteiger partial charge in [-0.15, -0.1) is 0 Å². The lowest BCUT2D eigenvalue weighted by Gasteiger charge is -2.27. The average molecular weight is 289 g/mol. The molecule has 1 aromatic heterocycles. The Bertz CT molecular complexity index is 504. The molecule has 2 aliphatic rings. The second-order valence-corrected chi connectivity index (χ2v) is 7.10. The lowest BCUT2D eigenvalue weighted by Crippen LogP contribution is -2.41. The molecule has 1 aromatic rings. The topological polar surface area (TPSA) is 60.9 Å². The first-order chi connectivity index (χ1) is 10.1. The van der Waals surface area contributed by atoms with Gasteiger partial charge in [-0.05, 0) is 31.7 Å². The van der Waals surface area contributed by atoms with Crippen LogP contribution in [0.2, 0.25) is 0 Å². The first-order valence-corrected chi connectivity index (χ1v) is 8.42. The third kappa shape index (κ3) is 2.91. The van der Waals surface area contributed by atoms with Gasteiger partial charge in [-0.3, -0.25) is 9.48 Å². The number of ketones is 1. The van der Waals surface area contributed by atoms with Crippen molar-refractivity contribution in [2.24, 2.45) is 11.1 Å². The van der Waals surface area contributed by atoms with Gasteiger partial charge in [-0.1, -0.05) is 32.6 Å². The van der Waals surface area contributed by atoms with Crippen LogP contribution in [0.3, 0.4) is 0 Å². The van der Waals surface area contributed by atoms with Crippen molar-refractivity contribution in [3.8, 4) is 0 Å². The summed E-state index contributed by atoms with van der Waals surface area (Å²) in [6.45, 7) is 2.03. The summed E-state index contributed by atoms with van der Waals surface area (Å²) < 4.78 is 2.08. The zero-order chi connectivity index (χ0) is 14.9. The number of aromatic nitrogens is 2. The van der Waals surface area contributed by atoms with Gasteiger partial charge >= 0.3 is 0 Å². The zero-order valence-corrected chi connectivity index (χ0v) is 13.1. The highest BCUT2D eigenvalue weighted by atomic mass is 16.1. The molecule has 1 heterocycles. The largest absolute Gasteiger partial charge is 0.327 e. The molecule has 3 rings (SSSR count). The van der Waals surface area contributed by atoms with Crippen LogP contribution in [0, 0.1) is 5.41 Å². The number of hydrogen-bond donors (Lipinski definition) is 1. The summed E-state index contributed by atoms with van der Waals surface area (Å²) in [5.74, 6) is 0.265. The number of hydrogen-bond acceptors (Lipinski definition) is 3. The molecule has 0 radical (unpaired) electrons. The van der Waals surface area contributed by atoms with E-state index in [0.29, 0.717) is 12.5 Å². The molecule has 4 heteroatoms. The van der Waals surface area contributed by atoms with E-state index in [1.54, 1.807) is 0 Å². The Morgan fingerprint density at radius 3 is 2.76 bits per heavy atom. The molecule has 4 nitrogen and oxygen atoms in total. The molecule has 0 amide bonds. The SMILES string of the molecule is CC1(C(=O)Cc2ccn(C3CCCCC3)n2)CCCC1N. The minimum absolute atomic E-state index is 0.0189. The van der Waals surface area contributed by atoms with Gasteiger partial charge in [0.15, 0.2) is 0 Å². The first-order valence-electron chi connectivity index (χ1n) is 8.42. The van der Waals surface area contributed by atoms with Crippen LogP contribution in [-0.4, -0.2) is 21.6 Å². The molecule has 0 saturated heterocycles. The molecular formula is C17H27N3O. The number of nitrogens with two attached hydrogens (primary N) is 1. The molecule has 2 aliphatic carbocycles. The van der Waals surface area contributed by atoms with Crippen molar-refractivity contribution in [3.63, 3.8) is 0 Å². The van der Waals surface area contributed by atoms with Crippen LogP contribution in [0.25, 0.3) is 0 Å². The Kier molecular flexibility index (Phi) is 4.16. The van der Waals surface area contributed by atoms with Crippen LogP contribution < -0.4 is 5.73 Å². The first kappa shape index (κ1) is 14.8. The Balaban J connectivity index is 1.65. The molecule has 2 unspecified atom stereocenters. The number of Topliss-reactive ketones (excluding diaryl/α,β-unsaturated/α-hetero) is 1. The Hall–Kier alpha value is -1.16. The van der Waals surface area contributed by atoms with Gasteiger partial charge < -0.3 is 5.73 Å². The molecule has 0 aromatic carbocycles. The fourth-order valence-electron chi connectivity index (χ4n) is 3.93. The molecule has 0 bridgehead atoms. The van der Waals surface area contributed by atoms with Crippen molar-refractivity contribution in [2.45, 2.75) is 76.8 Å². The Morgan fingerprint density at radius 2 is 2.10 bits per heavy atom.